The molecule has 0 heterocycles. The van der Waals surface area contributed by atoms with Crippen LogP contribution in [0.15, 0.2) is 54.6 Å². The van der Waals surface area contributed by atoms with Crippen molar-refractivity contribution in [2.45, 2.75) is 38.9 Å². The number of hydrogen-bond acceptors (Lipinski definition) is 1. The zero-order valence-corrected chi connectivity index (χ0v) is 19.9. The van der Waals surface area contributed by atoms with Crippen LogP contribution in [0.2, 0.25) is 12.6 Å². The van der Waals surface area contributed by atoms with Crippen LogP contribution in [0, 0.1) is 0 Å². The Kier molecular flexibility index (Phi) is 14.6. The number of halogens is 2. The molecule has 2 radical (unpaired) electrons. The topological polar surface area (TPSA) is 44.0 Å². The fourth-order valence-electron chi connectivity index (χ4n) is 2.02. The second-order valence-corrected chi connectivity index (χ2v) is 10.3. The Bertz CT molecular complexity index is 670. The molecule has 0 bridgehead atoms. The summed E-state index contributed by atoms with van der Waals surface area (Å²) < 4.78 is 0. The van der Waals surface area contributed by atoms with Crippen LogP contribution in [0.1, 0.15) is 20.8 Å². The van der Waals surface area contributed by atoms with E-state index in [1.165, 1.54) is 21.5 Å². The number of rotatable bonds is 2. The van der Waals surface area contributed by atoms with E-state index in [9.17, 15) is 0 Å². The number of aliphatic hydroxyl groups excluding tert-OH is 1. The van der Waals surface area contributed by atoms with E-state index in [1.807, 2.05) is 20.8 Å². The Balaban J connectivity index is 0.000000405. The third kappa shape index (κ3) is 12.2. The Labute approximate surface area is 176 Å². The third-order valence-electron chi connectivity index (χ3n) is 2.88. The summed E-state index contributed by atoms with van der Waals surface area (Å²) in [6.07, 6.45) is 0. The summed E-state index contributed by atoms with van der Waals surface area (Å²) in [4.78, 5) is 0. The van der Waals surface area contributed by atoms with Crippen molar-refractivity contribution in [2.75, 3.05) is 6.61 Å². The second kappa shape index (κ2) is 14.8. The fourth-order valence-corrected chi connectivity index (χ4v) is 2.24. The first kappa shape index (κ1) is 25.7. The summed E-state index contributed by atoms with van der Waals surface area (Å²) in [6, 6.07) is 20.2. The predicted molar refractivity (Wildman–Crippen MR) is 116 cm³/mol. The van der Waals surface area contributed by atoms with Crippen molar-refractivity contribution >= 4 is 49.7 Å². The summed E-state index contributed by atoms with van der Waals surface area (Å²) in [7, 11) is 10.7. The van der Waals surface area contributed by atoms with Crippen molar-refractivity contribution in [2.24, 2.45) is 0 Å². The van der Waals surface area contributed by atoms with Gasteiger partial charge in [-0.2, -0.15) is 0 Å². The number of fused-ring (bicyclic) bond motifs is 3. The van der Waals surface area contributed by atoms with E-state index in [-0.39, 0.29) is 5.54 Å². The minimum absolute atomic E-state index is 0.250. The van der Waals surface area contributed by atoms with Crippen molar-refractivity contribution in [1.29, 1.82) is 0 Å². The van der Waals surface area contributed by atoms with Gasteiger partial charge in [-0.15, -0.1) is 45.3 Å². The van der Waals surface area contributed by atoms with Crippen molar-refractivity contribution in [3.05, 3.63) is 60.3 Å². The van der Waals surface area contributed by atoms with E-state index in [0.717, 1.165) is 15.6 Å². The molecule has 2 N–H and O–H groups in total. The van der Waals surface area contributed by atoms with E-state index in [0.29, 0.717) is 6.61 Å². The number of hydrogen-bond donors (Lipinski definition) is 1. The first-order valence-corrected chi connectivity index (χ1v) is 14.3. The predicted octanol–water partition coefficient (Wildman–Crippen LogP) is 7.07. The van der Waals surface area contributed by atoms with E-state index < -0.39 is 17.0 Å². The van der Waals surface area contributed by atoms with Crippen LogP contribution in [-0.2, 0) is 17.0 Å². The summed E-state index contributed by atoms with van der Waals surface area (Å²) >= 11 is -0.556. The largest absolute Gasteiger partial charge is 0.126 e. The Morgan fingerprint density at radius 2 is 1.35 bits per heavy atom. The molecule has 0 aromatic heterocycles. The molecule has 0 atom stereocenters. The SMILES string of the molecule is CC(C)(C)[NH-].C[Si]CCO.[Cl][Ti][Cl].c1ccc2c(c1)[cH-]c1ccccc12. The van der Waals surface area contributed by atoms with E-state index in [2.05, 4.69) is 61.1 Å². The fraction of sp³-hybridized carbons (Fsp3) is 0.350. The van der Waals surface area contributed by atoms with Crippen LogP contribution in [0.3, 0.4) is 0 Å². The molecule has 3 aromatic rings. The molecule has 0 saturated heterocycles. The van der Waals surface area contributed by atoms with Crippen LogP contribution in [-0.4, -0.2) is 26.8 Å². The maximum Gasteiger partial charge on any atom is -0.0771 e. The van der Waals surface area contributed by atoms with Crippen molar-refractivity contribution in [3.63, 3.8) is 0 Å². The van der Waals surface area contributed by atoms with Crippen LogP contribution in [0.25, 0.3) is 27.3 Å². The Hall–Kier alpha value is -0.259. The molecule has 0 spiro atoms. The number of aliphatic hydroxyl groups is 1. The van der Waals surface area contributed by atoms with Gasteiger partial charge in [0.2, 0.25) is 0 Å². The maximum absolute atomic E-state index is 8.07. The summed E-state index contributed by atoms with van der Waals surface area (Å²) in [5, 5.41) is 13.5. The van der Waals surface area contributed by atoms with Crippen LogP contribution in [0.5, 0.6) is 0 Å². The molecule has 6 heteroatoms. The van der Waals surface area contributed by atoms with Gasteiger partial charge in [0.15, 0.2) is 0 Å². The second-order valence-electron chi connectivity index (χ2n) is 6.47. The smallest absolute Gasteiger partial charge is 0.0771 e. The molecule has 26 heavy (non-hydrogen) atoms. The van der Waals surface area contributed by atoms with Crippen molar-refractivity contribution in [1.82, 2.24) is 0 Å². The van der Waals surface area contributed by atoms with Crippen LogP contribution >= 0.6 is 18.6 Å². The first-order valence-electron chi connectivity index (χ1n) is 8.28. The molecule has 142 valence electrons. The standard InChI is InChI=1S/C13H9.C4H10N.C3H8OSi.2ClH.Ti/c1-3-7-12-10(5-1)9-11-6-2-4-8-13(11)12;1-4(2,3)5;1-5-3-2-4;;;/h1-9H;5H,1-3H3;4H,2-3H2,1H3;2*1H;/q2*-1;;;;+2/p-2. The van der Waals surface area contributed by atoms with Crippen molar-refractivity contribution in [3.8, 4) is 0 Å². The third-order valence-corrected chi connectivity index (χ3v) is 3.61. The van der Waals surface area contributed by atoms with E-state index in [4.69, 9.17) is 29.5 Å². The zero-order chi connectivity index (χ0) is 20.0. The average Bonchev–Trinajstić information content (AvgIpc) is 2.94. The Morgan fingerprint density at radius 1 is 1.00 bits per heavy atom. The van der Waals surface area contributed by atoms with Gasteiger partial charge in [-0.25, -0.2) is 0 Å². The summed E-state index contributed by atoms with van der Waals surface area (Å²) in [5.74, 6) is 0. The average molecular weight is 444 g/mol. The molecular weight excluding hydrogens is 417 g/mol. The van der Waals surface area contributed by atoms with Gasteiger partial charge in [0.1, 0.15) is 0 Å². The van der Waals surface area contributed by atoms with Crippen LogP contribution < -0.4 is 0 Å². The summed E-state index contributed by atoms with van der Waals surface area (Å²) in [6.45, 7) is 8.00. The molecule has 3 aromatic carbocycles. The number of benzene rings is 2. The van der Waals surface area contributed by atoms with E-state index in [1.54, 1.807) is 0 Å². The van der Waals surface area contributed by atoms with E-state index >= 15 is 0 Å². The summed E-state index contributed by atoms with van der Waals surface area (Å²) in [5.41, 5.74) is 6.69. The first-order chi connectivity index (χ1) is 12.3. The molecule has 0 amide bonds. The van der Waals surface area contributed by atoms with Crippen LogP contribution in [0.4, 0.5) is 0 Å². The zero-order valence-electron chi connectivity index (χ0n) is 15.8. The minimum Gasteiger partial charge on any atom is -0.126 e. The van der Waals surface area contributed by atoms with Gasteiger partial charge in [0.05, 0.1) is 0 Å². The number of nitrogens with one attached hydrogen (secondary N) is 1. The quantitative estimate of drug-likeness (QED) is 0.333. The minimum atomic E-state index is -0.556. The molecule has 0 aliphatic rings. The van der Waals surface area contributed by atoms with Gasteiger partial charge >= 0.3 is 35.6 Å². The molecule has 0 saturated carbocycles. The Morgan fingerprint density at radius 3 is 1.62 bits per heavy atom. The molecular formula is C20H27Cl2NOSiTi-2. The van der Waals surface area contributed by atoms with Gasteiger partial charge in [0, 0.05) is 16.1 Å². The maximum atomic E-state index is 8.07. The van der Waals surface area contributed by atoms with Gasteiger partial charge < -0.3 is 10.8 Å². The molecule has 0 unspecified atom stereocenters. The monoisotopic (exact) mass is 443 g/mol. The van der Waals surface area contributed by atoms with Gasteiger partial charge in [-0.05, 0) is 6.04 Å². The molecule has 3 rings (SSSR count). The molecule has 2 nitrogen and oxygen atoms in total. The van der Waals surface area contributed by atoms with Gasteiger partial charge in [-0.3, -0.25) is 0 Å². The molecule has 0 aliphatic carbocycles. The van der Waals surface area contributed by atoms with Gasteiger partial charge in [0.25, 0.3) is 0 Å². The van der Waals surface area contributed by atoms with Crippen molar-refractivity contribution < 1.29 is 22.1 Å². The normalized spacial score (nSPS) is 10.0. The molecule has 0 fully saturated rings. The van der Waals surface area contributed by atoms with Gasteiger partial charge in [-0.1, -0.05) is 63.7 Å². The molecule has 0 aliphatic heterocycles.